The smallest absolute Gasteiger partial charge is 0.306 e. The minimum absolute atomic E-state index is 0.177. The number of anilines is 1. The van der Waals surface area contributed by atoms with Crippen molar-refractivity contribution >= 4 is 11.7 Å². The minimum Gasteiger partial charge on any atom is -0.461 e. The summed E-state index contributed by atoms with van der Waals surface area (Å²) in [6.45, 7) is 2.36. The zero-order valence-electron chi connectivity index (χ0n) is 11.6. The van der Waals surface area contributed by atoms with Crippen molar-refractivity contribution in [3.63, 3.8) is 0 Å². The van der Waals surface area contributed by atoms with E-state index in [0.717, 1.165) is 16.8 Å². The van der Waals surface area contributed by atoms with Gasteiger partial charge in [-0.1, -0.05) is 42.0 Å². The molecule has 2 aromatic carbocycles. The van der Waals surface area contributed by atoms with E-state index >= 15 is 0 Å². The Balaban J connectivity index is 1.77. The minimum atomic E-state index is -0.177. The van der Waals surface area contributed by atoms with Crippen LogP contribution in [0.3, 0.4) is 0 Å². The summed E-state index contributed by atoms with van der Waals surface area (Å²) in [5, 5.41) is 0. The topological polar surface area (TPSA) is 52.3 Å². The van der Waals surface area contributed by atoms with Gasteiger partial charge in [0.1, 0.15) is 6.61 Å². The summed E-state index contributed by atoms with van der Waals surface area (Å²) < 4.78 is 5.26. The van der Waals surface area contributed by atoms with Gasteiger partial charge in [0.25, 0.3) is 0 Å². The maximum absolute atomic E-state index is 11.7. The third-order valence-electron chi connectivity index (χ3n) is 3.08. The molecule has 0 fully saturated rings. The van der Waals surface area contributed by atoms with E-state index in [9.17, 15) is 4.79 Å². The van der Waals surface area contributed by atoms with Gasteiger partial charge in [0.2, 0.25) is 0 Å². The Labute approximate surface area is 119 Å². The number of hydrogen-bond acceptors (Lipinski definition) is 3. The molecule has 20 heavy (non-hydrogen) atoms. The SMILES string of the molecule is Cc1cccc(COC(=O)CCc2ccc(N)cc2)c1. The van der Waals surface area contributed by atoms with E-state index in [1.165, 1.54) is 5.56 Å². The number of carbonyl (C=O) groups is 1. The van der Waals surface area contributed by atoms with Crippen molar-refractivity contribution in [2.75, 3.05) is 5.73 Å². The van der Waals surface area contributed by atoms with Crippen molar-refractivity contribution in [3.8, 4) is 0 Å². The van der Waals surface area contributed by atoms with Crippen LogP contribution >= 0.6 is 0 Å². The fourth-order valence-corrected chi connectivity index (χ4v) is 1.97. The highest BCUT2D eigenvalue weighted by molar-refractivity contribution is 5.69. The number of benzene rings is 2. The Bertz CT molecular complexity index is 576. The van der Waals surface area contributed by atoms with Crippen LogP contribution in [-0.4, -0.2) is 5.97 Å². The van der Waals surface area contributed by atoms with Crippen LogP contribution in [0.15, 0.2) is 48.5 Å². The van der Waals surface area contributed by atoms with Crippen LogP contribution < -0.4 is 5.73 Å². The molecule has 0 saturated carbocycles. The highest BCUT2D eigenvalue weighted by atomic mass is 16.5. The molecule has 0 aliphatic heterocycles. The normalized spacial score (nSPS) is 10.2. The number of ether oxygens (including phenoxy) is 1. The summed E-state index contributed by atoms with van der Waals surface area (Å²) in [6.07, 6.45) is 1.06. The largest absolute Gasteiger partial charge is 0.461 e. The maximum Gasteiger partial charge on any atom is 0.306 e. The van der Waals surface area contributed by atoms with Crippen LogP contribution in [0.1, 0.15) is 23.1 Å². The molecule has 0 radical (unpaired) electrons. The summed E-state index contributed by atoms with van der Waals surface area (Å²) in [6, 6.07) is 15.5. The van der Waals surface area contributed by atoms with Crippen molar-refractivity contribution in [3.05, 3.63) is 65.2 Å². The number of nitrogens with two attached hydrogens (primary N) is 1. The standard InChI is InChI=1S/C17H19NO2/c1-13-3-2-4-15(11-13)12-20-17(19)10-7-14-5-8-16(18)9-6-14/h2-6,8-9,11H,7,10,12,18H2,1H3. The van der Waals surface area contributed by atoms with Crippen molar-refractivity contribution in [1.29, 1.82) is 0 Å². The second-order valence-corrected chi connectivity index (χ2v) is 4.89. The zero-order chi connectivity index (χ0) is 14.4. The molecular formula is C17H19NO2. The van der Waals surface area contributed by atoms with Crippen LogP contribution in [0.2, 0.25) is 0 Å². The fraction of sp³-hybridized carbons (Fsp3) is 0.235. The van der Waals surface area contributed by atoms with Gasteiger partial charge in [-0.25, -0.2) is 0 Å². The van der Waals surface area contributed by atoms with Gasteiger partial charge in [-0.2, -0.15) is 0 Å². The first-order valence-electron chi connectivity index (χ1n) is 6.69. The zero-order valence-corrected chi connectivity index (χ0v) is 11.6. The van der Waals surface area contributed by atoms with E-state index in [4.69, 9.17) is 10.5 Å². The molecule has 0 aliphatic rings. The molecule has 0 aromatic heterocycles. The van der Waals surface area contributed by atoms with Crippen LogP contribution in [0.4, 0.5) is 5.69 Å². The summed E-state index contributed by atoms with van der Waals surface area (Å²) >= 11 is 0. The lowest BCUT2D eigenvalue weighted by Crippen LogP contribution is -2.06. The van der Waals surface area contributed by atoms with Gasteiger partial charge >= 0.3 is 5.97 Å². The molecule has 2 N–H and O–H groups in total. The van der Waals surface area contributed by atoms with E-state index in [2.05, 4.69) is 0 Å². The fourth-order valence-electron chi connectivity index (χ4n) is 1.97. The molecule has 0 amide bonds. The van der Waals surface area contributed by atoms with Gasteiger partial charge in [-0.05, 0) is 36.6 Å². The monoisotopic (exact) mass is 269 g/mol. The second kappa shape index (κ2) is 6.75. The van der Waals surface area contributed by atoms with Gasteiger partial charge in [0.15, 0.2) is 0 Å². The first-order chi connectivity index (χ1) is 9.63. The lowest BCUT2D eigenvalue weighted by Gasteiger charge is -2.06. The van der Waals surface area contributed by atoms with E-state index in [0.29, 0.717) is 19.4 Å². The third kappa shape index (κ3) is 4.43. The molecule has 2 aromatic rings. The summed E-state index contributed by atoms with van der Waals surface area (Å²) in [4.78, 5) is 11.7. The number of aryl methyl sites for hydroxylation is 2. The molecule has 0 bridgehead atoms. The van der Waals surface area contributed by atoms with Gasteiger partial charge < -0.3 is 10.5 Å². The predicted molar refractivity (Wildman–Crippen MR) is 80.2 cm³/mol. The Morgan fingerprint density at radius 3 is 2.55 bits per heavy atom. The molecule has 2 rings (SSSR count). The lowest BCUT2D eigenvalue weighted by molar-refractivity contribution is -0.144. The summed E-state index contributed by atoms with van der Waals surface area (Å²) in [5.41, 5.74) is 9.62. The van der Waals surface area contributed by atoms with E-state index in [-0.39, 0.29) is 5.97 Å². The number of esters is 1. The third-order valence-corrected chi connectivity index (χ3v) is 3.08. The Kier molecular flexibility index (Phi) is 4.77. The van der Waals surface area contributed by atoms with Crippen LogP contribution in [0.25, 0.3) is 0 Å². The summed E-state index contributed by atoms with van der Waals surface area (Å²) in [5.74, 6) is -0.177. The molecule has 0 spiro atoms. The van der Waals surface area contributed by atoms with Crippen LogP contribution in [0, 0.1) is 6.92 Å². The number of carbonyl (C=O) groups excluding carboxylic acids is 1. The Hall–Kier alpha value is -2.29. The molecule has 3 nitrogen and oxygen atoms in total. The van der Waals surface area contributed by atoms with Gasteiger partial charge in [0.05, 0.1) is 0 Å². The van der Waals surface area contributed by atoms with E-state index in [1.54, 1.807) is 0 Å². The average molecular weight is 269 g/mol. The van der Waals surface area contributed by atoms with Crippen LogP contribution in [-0.2, 0) is 22.6 Å². The van der Waals surface area contributed by atoms with Gasteiger partial charge in [-0.15, -0.1) is 0 Å². The van der Waals surface area contributed by atoms with Crippen molar-refractivity contribution in [2.24, 2.45) is 0 Å². The maximum atomic E-state index is 11.7. The first-order valence-corrected chi connectivity index (χ1v) is 6.69. The molecule has 0 aliphatic carbocycles. The average Bonchev–Trinajstić information content (AvgIpc) is 2.45. The molecule has 104 valence electrons. The van der Waals surface area contributed by atoms with Crippen molar-refractivity contribution in [1.82, 2.24) is 0 Å². The quantitative estimate of drug-likeness (QED) is 0.669. The highest BCUT2D eigenvalue weighted by Gasteiger charge is 2.04. The van der Waals surface area contributed by atoms with Crippen molar-refractivity contribution < 1.29 is 9.53 Å². The predicted octanol–water partition coefficient (Wildman–Crippen LogP) is 3.25. The van der Waals surface area contributed by atoms with E-state index in [1.807, 2.05) is 55.5 Å². The molecule has 0 unspecified atom stereocenters. The lowest BCUT2D eigenvalue weighted by atomic mass is 10.1. The molecular weight excluding hydrogens is 250 g/mol. The summed E-state index contributed by atoms with van der Waals surface area (Å²) in [7, 11) is 0. The molecule has 0 atom stereocenters. The Morgan fingerprint density at radius 1 is 1.10 bits per heavy atom. The number of hydrogen-bond donors (Lipinski definition) is 1. The number of rotatable bonds is 5. The highest BCUT2D eigenvalue weighted by Crippen LogP contribution is 2.09. The second-order valence-electron chi connectivity index (χ2n) is 4.89. The molecule has 3 heteroatoms. The Morgan fingerprint density at radius 2 is 1.85 bits per heavy atom. The molecule has 0 saturated heterocycles. The van der Waals surface area contributed by atoms with Crippen LogP contribution in [0.5, 0.6) is 0 Å². The van der Waals surface area contributed by atoms with Crippen molar-refractivity contribution in [2.45, 2.75) is 26.4 Å². The van der Waals surface area contributed by atoms with Gasteiger partial charge in [0, 0.05) is 12.1 Å². The molecule has 0 heterocycles. The first kappa shape index (κ1) is 14.1. The van der Waals surface area contributed by atoms with Gasteiger partial charge in [-0.3, -0.25) is 4.79 Å². The number of nitrogen functional groups attached to an aromatic ring is 1. The van der Waals surface area contributed by atoms with E-state index < -0.39 is 0 Å².